The van der Waals surface area contributed by atoms with Gasteiger partial charge in [0, 0.05) is 17.2 Å². The lowest BCUT2D eigenvalue weighted by atomic mass is 9.78. The third kappa shape index (κ3) is 6.10. The van der Waals surface area contributed by atoms with Gasteiger partial charge < -0.3 is 18.5 Å². The van der Waals surface area contributed by atoms with Crippen LogP contribution in [0, 0.1) is 0 Å². The summed E-state index contributed by atoms with van der Waals surface area (Å²) in [6.07, 6.45) is -5.28. The molecule has 1 aliphatic heterocycles. The summed E-state index contributed by atoms with van der Waals surface area (Å²) in [5, 5.41) is 3.61. The highest BCUT2D eigenvalue weighted by Crippen LogP contribution is 2.39. The quantitative estimate of drug-likeness (QED) is 0.206. The van der Waals surface area contributed by atoms with Crippen molar-refractivity contribution in [3.63, 3.8) is 0 Å². The Hall–Kier alpha value is -2.63. The second-order valence-electron chi connectivity index (χ2n) is 11.6. The van der Waals surface area contributed by atoms with Crippen LogP contribution in [0.4, 0.5) is 17.6 Å². The summed E-state index contributed by atoms with van der Waals surface area (Å²) < 4.78 is 80.2. The Kier molecular flexibility index (Phi) is 7.59. The lowest BCUT2D eigenvalue weighted by molar-refractivity contribution is -0.165. The number of ether oxygens (including phenoxy) is 1. The maximum atomic E-state index is 14.4. The molecule has 2 atom stereocenters. The first-order valence-electron chi connectivity index (χ1n) is 12.9. The van der Waals surface area contributed by atoms with Crippen LogP contribution < -0.4 is 10.8 Å². The van der Waals surface area contributed by atoms with Gasteiger partial charge in [-0.25, -0.2) is 4.39 Å². The Bertz CT molecular complexity index is 1350. The topological polar surface area (TPSA) is 69.9 Å². The van der Waals surface area contributed by atoms with Crippen LogP contribution in [-0.2, 0) is 18.8 Å². The summed E-state index contributed by atoms with van der Waals surface area (Å²) in [5.74, 6) is -0.947. The van der Waals surface area contributed by atoms with Crippen molar-refractivity contribution in [1.82, 2.24) is 5.32 Å². The van der Waals surface area contributed by atoms with Gasteiger partial charge in [-0.05, 0) is 71.6 Å². The van der Waals surface area contributed by atoms with Crippen molar-refractivity contribution in [3.8, 4) is 0 Å². The van der Waals surface area contributed by atoms with Gasteiger partial charge in [-0.2, -0.15) is 13.2 Å². The predicted molar refractivity (Wildman–Crippen MR) is 142 cm³/mol. The van der Waals surface area contributed by atoms with Crippen LogP contribution in [0.1, 0.15) is 66.5 Å². The molecule has 39 heavy (non-hydrogen) atoms. The molecule has 2 aromatic carbocycles. The third-order valence-electron chi connectivity index (χ3n) is 7.33. The normalized spacial score (nSPS) is 19.0. The van der Waals surface area contributed by atoms with Crippen molar-refractivity contribution in [3.05, 3.63) is 42.0 Å². The zero-order chi connectivity index (χ0) is 29.0. The van der Waals surface area contributed by atoms with Crippen LogP contribution in [0.3, 0.4) is 0 Å². The van der Waals surface area contributed by atoms with Crippen molar-refractivity contribution >= 4 is 40.5 Å². The maximum absolute atomic E-state index is 14.4. The second kappa shape index (κ2) is 10.1. The molecule has 2 heterocycles. The molecule has 0 saturated carbocycles. The number of furan rings is 1. The zero-order valence-electron chi connectivity index (χ0n) is 23.2. The van der Waals surface area contributed by atoms with Crippen molar-refractivity contribution in [2.75, 3.05) is 6.61 Å². The molecule has 0 spiro atoms. The van der Waals surface area contributed by atoms with Gasteiger partial charge in [-0.15, -0.1) is 0 Å². The number of rotatable bonds is 8. The van der Waals surface area contributed by atoms with Crippen LogP contribution in [0.5, 0.6) is 0 Å². The maximum Gasteiger partial charge on any atom is 0.494 e. The SMILES string of the molecule is CCOC(=O)[C@H](CC(C)(C)F)N[C@@H](c1ccc2c(c1)oc1ccc(B3OC(C)(C)C(C)(C)O3)cc12)C(F)(F)F. The number of halogens is 4. The number of esters is 1. The van der Waals surface area contributed by atoms with E-state index in [1.807, 2.05) is 33.8 Å². The summed E-state index contributed by atoms with van der Waals surface area (Å²) >= 11 is 0. The number of hydrogen-bond donors (Lipinski definition) is 1. The van der Waals surface area contributed by atoms with E-state index in [1.54, 1.807) is 18.2 Å². The fourth-order valence-electron chi connectivity index (χ4n) is 4.64. The first-order chi connectivity index (χ1) is 17.9. The number of nitrogens with one attached hydrogen (secondary N) is 1. The van der Waals surface area contributed by atoms with Crippen molar-refractivity contribution < 1.29 is 40.8 Å². The summed E-state index contributed by atoms with van der Waals surface area (Å²) in [7, 11) is -0.609. The van der Waals surface area contributed by atoms with E-state index in [0.29, 0.717) is 16.4 Å². The summed E-state index contributed by atoms with van der Waals surface area (Å²) in [6.45, 7) is 11.7. The Balaban J connectivity index is 1.70. The van der Waals surface area contributed by atoms with Crippen molar-refractivity contribution in [1.29, 1.82) is 0 Å². The molecule has 3 aromatic rings. The van der Waals surface area contributed by atoms with Crippen LogP contribution >= 0.6 is 0 Å². The molecule has 4 rings (SSSR count). The van der Waals surface area contributed by atoms with Gasteiger partial charge >= 0.3 is 19.3 Å². The summed E-state index contributed by atoms with van der Waals surface area (Å²) in [6, 6.07) is 5.78. The molecule has 0 amide bonds. The summed E-state index contributed by atoms with van der Waals surface area (Å²) in [5.41, 5.74) is -1.65. The van der Waals surface area contributed by atoms with Gasteiger partial charge in [0.2, 0.25) is 0 Å². The van der Waals surface area contributed by atoms with Gasteiger partial charge in [0.15, 0.2) is 0 Å². The molecule has 6 nitrogen and oxygen atoms in total. The molecule has 1 N–H and O–H groups in total. The largest absolute Gasteiger partial charge is 0.494 e. The average Bonchev–Trinajstić information content (AvgIpc) is 3.26. The van der Waals surface area contributed by atoms with E-state index in [2.05, 4.69) is 5.32 Å². The number of fused-ring (bicyclic) bond motifs is 3. The lowest BCUT2D eigenvalue weighted by Crippen LogP contribution is -2.47. The molecule has 0 radical (unpaired) electrons. The molecule has 1 aliphatic rings. The van der Waals surface area contributed by atoms with E-state index in [4.69, 9.17) is 18.5 Å². The van der Waals surface area contributed by atoms with Gasteiger partial charge in [0.05, 0.1) is 17.8 Å². The van der Waals surface area contributed by atoms with Crippen LogP contribution in [0.15, 0.2) is 40.8 Å². The number of alkyl halides is 4. The fraction of sp³-hybridized carbons (Fsp3) is 0.536. The predicted octanol–water partition coefficient (Wildman–Crippen LogP) is 6.15. The van der Waals surface area contributed by atoms with E-state index in [1.165, 1.54) is 32.9 Å². The standard InChI is InChI=1S/C28H34BF4NO5/c1-8-36-24(35)20(15-25(2,3)30)34-23(28(31,32)33)16-9-11-18-19-14-17(10-12-21(19)37-22(18)13-16)29-38-26(4,5)27(6,7)39-29/h9-14,20,23,34H,8,15H2,1-7H3/t20-,23-/m0/s1. The molecule has 1 saturated heterocycles. The molecular formula is C28H34BF4NO5. The summed E-state index contributed by atoms with van der Waals surface area (Å²) in [4.78, 5) is 12.4. The van der Waals surface area contributed by atoms with E-state index in [-0.39, 0.29) is 17.8 Å². The van der Waals surface area contributed by atoms with Gasteiger partial charge in [0.25, 0.3) is 0 Å². The van der Waals surface area contributed by atoms with E-state index < -0.39 is 54.6 Å². The minimum atomic E-state index is -4.78. The first kappa shape index (κ1) is 29.4. The van der Waals surface area contributed by atoms with Crippen LogP contribution in [-0.4, -0.2) is 48.8 Å². The number of carbonyl (C=O) groups is 1. The minimum absolute atomic E-state index is 0.0424. The number of hydrogen-bond acceptors (Lipinski definition) is 6. The molecule has 0 bridgehead atoms. The highest BCUT2D eigenvalue weighted by atomic mass is 19.4. The highest BCUT2D eigenvalue weighted by Gasteiger charge is 2.51. The fourth-order valence-corrected chi connectivity index (χ4v) is 4.64. The second-order valence-corrected chi connectivity index (χ2v) is 11.6. The lowest BCUT2D eigenvalue weighted by Gasteiger charge is -2.32. The molecule has 0 aliphatic carbocycles. The van der Waals surface area contributed by atoms with Crippen LogP contribution in [0.2, 0.25) is 0 Å². The van der Waals surface area contributed by atoms with Gasteiger partial charge in [0.1, 0.15) is 28.9 Å². The molecule has 0 unspecified atom stereocenters. The Labute approximate surface area is 225 Å². The van der Waals surface area contributed by atoms with E-state index in [9.17, 15) is 22.4 Å². The van der Waals surface area contributed by atoms with Gasteiger partial charge in [-0.3, -0.25) is 10.1 Å². The van der Waals surface area contributed by atoms with E-state index in [0.717, 1.165) is 5.46 Å². The molecule has 1 aromatic heterocycles. The minimum Gasteiger partial charge on any atom is -0.465 e. The average molecular weight is 551 g/mol. The van der Waals surface area contributed by atoms with Crippen LogP contribution in [0.25, 0.3) is 21.9 Å². The van der Waals surface area contributed by atoms with Crippen molar-refractivity contribution in [2.24, 2.45) is 0 Å². The molecular weight excluding hydrogens is 517 g/mol. The number of benzene rings is 2. The monoisotopic (exact) mass is 551 g/mol. The zero-order valence-corrected chi connectivity index (χ0v) is 23.2. The first-order valence-corrected chi connectivity index (χ1v) is 12.9. The third-order valence-corrected chi connectivity index (χ3v) is 7.33. The Morgan fingerprint density at radius 1 is 0.974 bits per heavy atom. The Morgan fingerprint density at radius 2 is 1.62 bits per heavy atom. The Morgan fingerprint density at radius 3 is 2.18 bits per heavy atom. The molecule has 11 heteroatoms. The number of carbonyl (C=O) groups excluding carboxylic acids is 1. The van der Waals surface area contributed by atoms with E-state index >= 15 is 0 Å². The van der Waals surface area contributed by atoms with Gasteiger partial charge in [-0.1, -0.05) is 24.3 Å². The highest BCUT2D eigenvalue weighted by molar-refractivity contribution is 6.62. The van der Waals surface area contributed by atoms with Crippen molar-refractivity contribution in [2.45, 2.75) is 90.0 Å². The molecule has 212 valence electrons. The molecule has 1 fully saturated rings. The smallest absolute Gasteiger partial charge is 0.465 e.